The van der Waals surface area contributed by atoms with Crippen LogP contribution in [0.3, 0.4) is 0 Å². The normalized spacial score (nSPS) is 12.0. The van der Waals surface area contributed by atoms with Gasteiger partial charge in [0, 0.05) is 0 Å². The Kier molecular flexibility index (Phi) is 3.99. The SMILES string of the molecule is [Br-].[Mg+2].[c-]1cc2c3c(cccc3c1)CC2. The minimum absolute atomic E-state index is 0. The van der Waals surface area contributed by atoms with E-state index in [1.54, 1.807) is 0 Å². The van der Waals surface area contributed by atoms with Crippen LogP contribution in [0.25, 0.3) is 10.8 Å². The Hall–Kier alpha value is -0.0538. The molecular weight excluding hydrogens is 248 g/mol. The van der Waals surface area contributed by atoms with Crippen molar-refractivity contribution >= 4 is 33.8 Å². The molecule has 2 heteroatoms. The minimum atomic E-state index is 0. The first-order valence-corrected chi connectivity index (χ1v) is 4.36. The van der Waals surface area contributed by atoms with Gasteiger partial charge in [0.15, 0.2) is 0 Å². The number of rotatable bonds is 0. The summed E-state index contributed by atoms with van der Waals surface area (Å²) in [4.78, 5) is 0. The van der Waals surface area contributed by atoms with Crippen molar-refractivity contribution in [1.82, 2.24) is 0 Å². The maximum Gasteiger partial charge on any atom is 2.00 e. The fraction of sp³-hybridized carbons (Fsp3) is 0.167. The summed E-state index contributed by atoms with van der Waals surface area (Å²) in [6.45, 7) is 0. The minimum Gasteiger partial charge on any atom is -1.00 e. The van der Waals surface area contributed by atoms with E-state index in [0.717, 1.165) is 0 Å². The zero-order valence-electron chi connectivity index (χ0n) is 7.89. The van der Waals surface area contributed by atoms with Gasteiger partial charge in [0.2, 0.25) is 0 Å². The molecule has 0 N–H and O–H groups in total. The molecule has 1 aliphatic carbocycles. The molecular formula is C12H9BrMg. The van der Waals surface area contributed by atoms with Crippen LogP contribution in [0.5, 0.6) is 0 Å². The van der Waals surface area contributed by atoms with Crippen molar-refractivity contribution in [3.8, 4) is 0 Å². The predicted molar refractivity (Wildman–Crippen MR) is 55.9 cm³/mol. The molecule has 3 rings (SSSR count). The van der Waals surface area contributed by atoms with Crippen LogP contribution in [0.15, 0.2) is 30.3 Å². The summed E-state index contributed by atoms with van der Waals surface area (Å²) in [5, 5.41) is 2.83. The molecule has 66 valence electrons. The second kappa shape index (κ2) is 4.64. The quantitative estimate of drug-likeness (QED) is 0.435. The van der Waals surface area contributed by atoms with E-state index in [4.69, 9.17) is 0 Å². The molecule has 0 unspecified atom stereocenters. The van der Waals surface area contributed by atoms with Gasteiger partial charge in [-0.25, -0.2) is 0 Å². The zero-order valence-corrected chi connectivity index (χ0v) is 10.9. The Morgan fingerprint density at radius 1 is 1.00 bits per heavy atom. The van der Waals surface area contributed by atoms with Crippen molar-refractivity contribution in [3.05, 3.63) is 47.5 Å². The maximum absolute atomic E-state index is 3.19. The molecule has 0 aromatic heterocycles. The Balaban J connectivity index is 0.000000490. The predicted octanol–water partition coefficient (Wildman–Crippen LogP) is -0.638. The summed E-state index contributed by atoms with van der Waals surface area (Å²) in [5.41, 5.74) is 2.99. The van der Waals surface area contributed by atoms with E-state index in [0.29, 0.717) is 0 Å². The van der Waals surface area contributed by atoms with Crippen molar-refractivity contribution in [2.24, 2.45) is 0 Å². The van der Waals surface area contributed by atoms with Gasteiger partial charge in [0.25, 0.3) is 0 Å². The van der Waals surface area contributed by atoms with E-state index >= 15 is 0 Å². The molecule has 2 aromatic carbocycles. The second-order valence-electron chi connectivity index (χ2n) is 3.36. The van der Waals surface area contributed by atoms with Gasteiger partial charge >= 0.3 is 23.1 Å². The first kappa shape index (κ1) is 12.0. The number of hydrogen-bond acceptors (Lipinski definition) is 0. The molecule has 0 amide bonds. The molecule has 2 aromatic rings. The van der Waals surface area contributed by atoms with E-state index in [1.807, 2.05) is 0 Å². The Morgan fingerprint density at radius 3 is 2.64 bits per heavy atom. The third kappa shape index (κ3) is 1.71. The summed E-state index contributed by atoms with van der Waals surface area (Å²) in [5.74, 6) is 0. The van der Waals surface area contributed by atoms with E-state index in [9.17, 15) is 0 Å². The Bertz CT molecular complexity index is 412. The Labute approximate surface area is 111 Å². The summed E-state index contributed by atoms with van der Waals surface area (Å²) in [6.07, 6.45) is 2.41. The molecule has 0 atom stereocenters. The molecule has 0 nitrogen and oxygen atoms in total. The summed E-state index contributed by atoms with van der Waals surface area (Å²) in [6, 6.07) is 13.9. The van der Waals surface area contributed by atoms with Crippen LogP contribution in [0.2, 0.25) is 0 Å². The van der Waals surface area contributed by atoms with E-state index in [2.05, 4.69) is 36.4 Å². The summed E-state index contributed by atoms with van der Waals surface area (Å²) < 4.78 is 0. The third-order valence-corrected chi connectivity index (χ3v) is 2.66. The summed E-state index contributed by atoms with van der Waals surface area (Å²) >= 11 is 0. The van der Waals surface area contributed by atoms with Crippen LogP contribution in [-0.4, -0.2) is 23.1 Å². The largest absolute Gasteiger partial charge is 2.00 e. The van der Waals surface area contributed by atoms with Crippen LogP contribution in [0.1, 0.15) is 11.1 Å². The molecule has 14 heavy (non-hydrogen) atoms. The monoisotopic (exact) mass is 256 g/mol. The molecule has 0 radical (unpaired) electrons. The molecule has 0 aliphatic heterocycles. The number of halogens is 1. The number of hydrogen-bond donors (Lipinski definition) is 0. The van der Waals surface area contributed by atoms with Gasteiger partial charge in [-0.15, -0.1) is 22.4 Å². The van der Waals surface area contributed by atoms with Crippen molar-refractivity contribution in [1.29, 1.82) is 0 Å². The molecule has 0 saturated heterocycles. The van der Waals surface area contributed by atoms with Gasteiger partial charge in [-0.1, -0.05) is 24.1 Å². The standard InChI is InChI=1S/C12H9.BrH.Mg/c1-3-9-4-2-6-11-8-7-10(5-1)12(9)11;;/h1,3-6H,7-8H2;1H;/q-1;;+2/p-1. The van der Waals surface area contributed by atoms with E-state index < -0.39 is 0 Å². The molecule has 0 spiro atoms. The van der Waals surface area contributed by atoms with Gasteiger partial charge in [0.05, 0.1) is 0 Å². The van der Waals surface area contributed by atoms with Crippen LogP contribution >= 0.6 is 0 Å². The smallest absolute Gasteiger partial charge is 1.00 e. The topological polar surface area (TPSA) is 0 Å². The molecule has 0 fully saturated rings. The van der Waals surface area contributed by atoms with Gasteiger partial charge < -0.3 is 17.0 Å². The van der Waals surface area contributed by atoms with Crippen LogP contribution in [-0.2, 0) is 12.8 Å². The molecule has 0 bridgehead atoms. The molecule has 0 heterocycles. The average Bonchev–Trinajstić information content (AvgIpc) is 2.52. The number of aryl methyl sites for hydroxylation is 2. The van der Waals surface area contributed by atoms with Crippen molar-refractivity contribution in [3.63, 3.8) is 0 Å². The van der Waals surface area contributed by atoms with E-state index in [-0.39, 0.29) is 40.0 Å². The van der Waals surface area contributed by atoms with Crippen molar-refractivity contribution < 1.29 is 17.0 Å². The van der Waals surface area contributed by atoms with E-state index in [1.165, 1.54) is 34.7 Å². The Morgan fingerprint density at radius 2 is 1.79 bits per heavy atom. The van der Waals surface area contributed by atoms with Crippen LogP contribution < -0.4 is 17.0 Å². The fourth-order valence-corrected chi connectivity index (χ4v) is 2.11. The van der Waals surface area contributed by atoms with Crippen molar-refractivity contribution in [2.75, 3.05) is 0 Å². The van der Waals surface area contributed by atoms with Crippen LogP contribution in [0.4, 0.5) is 0 Å². The van der Waals surface area contributed by atoms with Crippen LogP contribution in [0, 0.1) is 6.07 Å². The average molecular weight is 257 g/mol. The third-order valence-electron chi connectivity index (χ3n) is 2.66. The molecule has 0 saturated carbocycles. The molecule has 1 aliphatic rings. The fourth-order valence-electron chi connectivity index (χ4n) is 2.11. The zero-order chi connectivity index (χ0) is 7.97. The first-order chi connectivity index (χ1) is 5.95. The van der Waals surface area contributed by atoms with Gasteiger partial charge in [-0.05, 0) is 6.42 Å². The maximum atomic E-state index is 3.19. The van der Waals surface area contributed by atoms with Crippen molar-refractivity contribution in [2.45, 2.75) is 12.8 Å². The summed E-state index contributed by atoms with van der Waals surface area (Å²) in [7, 11) is 0. The van der Waals surface area contributed by atoms with Gasteiger partial charge in [-0.2, -0.15) is 18.2 Å². The number of benzene rings is 2. The van der Waals surface area contributed by atoms with Gasteiger partial charge in [0.1, 0.15) is 0 Å². The second-order valence-corrected chi connectivity index (χ2v) is 3.36. The first-order valence-electron chi connectivity index (χ1n) is 4.36. The van der Waals surface area contributed by atoms with Gasteiger partial charge in [-0.3, -0.25) is 0 Å².